The van der Waals surface area contributed by atoms with Crippen molar-refractivity contribution in [2.24, 2.45) is 5.41 Å². The van der Waals surface area contributed by atoms with Gasteiger partial charge in [-0.1, -0.05) is 11.6 Å². The molecule has 0 aliphatic heterocycles. The number of hydrogen-bond donors (Lipinski definition) is 1. The maximum atomic E-state index is 11.9. The third kappa shape index (κ3) is 2.14. The quantitative estimate of drug-likeness (QED) is 0.913. The minimum Gasteiger partial charge on any atom is -0.495 e. The fourth-order valence-corrected chi connectivity index (χ4v) is 1.94. The maximum Gasteiger partial charge on any atom is 0.244 e. The maximum absolute atomic E-state index is 11.9. The fourth-order valence-electron chi connectivity index (χ4n) is 1.70. The zero-order valence-electron chi connectivity index (χ0n) is 10.2. The summed E-state index contributed by atoms with van der Waals surface area (Å²) in [5, 5.41) is 12.1. The first-order chi connectivity index (χ1) is 8.52. The van der Waals surface area contributed by atoms with Crippen molar-refractivity contribution >= 4 is 23.2 Å². The molecule has 94 valence electrons. The number of aryl methyl sites for hydroxylation is 1. The van der Waals surface area contributed by atoms with Gasteiger partial charge < -0.3 is 10.1 Å². The molecular formula is C13H13ClN2O2. The number of nitrogens with zero attached hydrogens (tertiary/aromatic N) is 1. The van der Waals surface area contributed by atoms with E-state index in [4.69, 9.17) is 21.6 Å². The number of hydrogen-bond acceptors (Lipinski definition) is 3. The van der Waals surface area contributed by atoms with Gasteiger partial charge in [0.15, 0.2) is 0 Å². The molecule has 0 saturated heterocycles. The molecule has 1 aromatic rings. The third-order valence-corrected chi connectivity index (χ3v) is 3.44. The molecule has 1 fully saturated rings. The van der Waals surface area contributed by atoms with Gasteiger partial charge in [-0.05, 0) is 37.5 Å². The van der Waals surface area contributed by atoms with E-state index in [9.17, 15) is 4.79 Å². The summed E-state index contributed by atoms with van der Waals surface area (Å²) in [6.07, 6.45) is 1.25. The molecule has 0 spiro atoms. The van der Waals surface area contributed by atoms with E-state index in [1.807, 2.05) is 6.92 Å². The minimum atomic E-state index is -0.834. The number of methoxy groups -OCH3 is 1. The third-order valence-electron chi connectivity index (χ3n) is 3.15. The fraction of sp³-hybridized carbons (Fsp3) is 0.385. The van der Waals surface area contributed by atoms with Crippen LogP contribution in [0.2, 0.25) is 5.02 Å². The number of halogens is 1. The first-order valence-corrected chi connectivity index (χ1v) is 5.97. The second kappa shape index (κ2) is 4.51. The summed E-state index contributed by atoms with van der Waals surface area (Å²) in [6.45, 7) is 1.85. The number of nitrogens with one attached hydrogen (secondary N) is 1. The predicted molar refractivity (Wildman–Crippen MR) is 68.7 cm³/mol. The zero-order chi connectivity index (χ0) is 13.3. The monoisotopic (exact) mass is 264 g/mol. The number of amides is 1. The van der Waals surface area contributed by atoms with Crippen LogP contribution in [0.1, 0.15) is 18.4 Å². The number of carbonyl (C=O) groups is 1. The first kappa shape index (κ1) is 12.7. The van der Waals surface area contributed by atoms with Crippen LogP contribution in [-0.4, -0.2) is 13.0 Å². The van der Waals surface area contributed by atoms with Crippen molar-refractivity contribution < 1.29 is 9.53 Å². The van der Waals surface area contributed by atoms with E-state index in [1.54, 1.807) is 12.1 Å². The van der Waals surface area contributed by atoms with Crippen LogP contribution in [0.3, 0.4) is 0 Å². The summed E-state index contributed by atoms with van der Waals surface area (Å²) in [6, 6.07) is 5.45. The molecule has 1 aromatic carbocycles. The highest BCUT2D eigenvalue weighted by Gasteiger charge is 2.50. The molecule has 0 atom stereocenters. The van der Waals surface area contributed by atoms with E-state index in [2.05, 4.69) is 11.4 Å². The average Bonchev–Trinajstić information content (AvgIpc) is 3.14. The number of carbonyl (C=O) groups excluding carboxylic acids is 1. The Bertz CT molecular complexity index is 545. The zero-order valence-corrected chi connectivity index (χ0v) is 11.0. The molecule has 0 bridgehead atoms. The lowest BCUT2D eigenvalue weighted by Gasteiger charge is -2.13. The second-order valence-electron chi connectivity index (χ2n) is 4.45. The lowest BCUT2D eigenvalue weighted by molar-refractivity contribution is -0.119. The Labute approximate surface area is 111 Å². The van der Waals surface area contributed by atoms with Crippen molar-refractivity contribution in [1.29, 1.82) is 5.26 Å². The minimum absolute atomic E-state index is 0.255. The molecule has 0 aromatic heterocycles. The van der Waals surface area contributed by atoms with Gasteiger partial charge in [0, 0.05) is 5.69 Å². The molecule has 1 N–H and O–H groups in total. The second-order valence-corrected chi connectivity index (χ2v) is 4.86. The summed E-state index contributed by atoms with van der Waals surface area (Å²) in [5.41, 5.74) is 0.629. The van der Waals surface area contributed by atoms with E-state index in [-0.39, 0.29) is 5.91 Å². The Morgan fingerprint density at radius 1 is 1.56 bits per heavy atom. The van der Waals surface area contributed by atoms with Gasteiger partial charge in [0.05, 0.1) is 18.2 Å². The molecule has 5 heteroatoms. The normalized spacial score (nSPS) is 15.7. The molecule has 1 aliphatic rings. The highest BCUT2D eigenvalue weighted by Crippen LogP contribution is 2.46. The van der Waals surface area contributed by atoms with Gasteiger partial charge in [0.25, 0.3) is 0 Å². The molecule has 1 aliphatic carbocycles. The van der Waals surface area contributed by atoms with Crippen molar-refractivity contribution in [3.8, 4) is 11.8 Å². The molecule has 18 heavy (non-hydrogen) atoms. The Morgan fingerprint density at radius 3 is 2.72 bits per heavy atom. The molecule has 0 radical (unpaired) electrons. The summed E-state index contributed by atoms with van der Waals surface area (Å²) in [4.78, 5) is 11.9. The molecule has 1 amide bonds. The summed E-state index contributed by atoms with van der Waals surface area (Å²) in [7, 11) is 1.54. The summed E-state index contributed by atoms with van der Waals surface area (Å²) < 4.78 is 5.09. The highest BCUT2D eigenvalue weighted by atomic mass is 35.5. The topological polar surface area (TPSA) is 62.1 Å². The molecule has 2 rings (SSSR count). The number of ether oxygens (including phenoxy) is 1. The largest absolute Gasteiger partial charge is 0.495 e. The smallest absolute Gasteiger partial charge is 0.244 e. The van der Waals surface area contributed by atoms with E-state index >= 15 is 0 Å². The molecule has 1 saturated carbocycles. The van der Waals surface area contributed by atoms with E-state index in [1.165, 1.54) is 7.11 Å². The lowest BCUT2D eigenvalue weighted by Crippen LogP contribution is -2.23. The number of benzene rings is 1. The van der Waals surface area contributed by atoms with Crippen molar-refractivity contribution in [2.45, 2.75) is 19.8 Å². The standard InChI is InChI=1S/C13H13ClN2O2/c1-8-5-11(18-2)9(14)6-10(8)16-12(17)13(7-15)3-4-13/h5-6H,3-4H2,1-2H3,(H,16,17). The number of anilines is 1. The summed E-state index contributed by atoms with van der Waals surface area (Å²) >= 11 is 6.01. The van der Waals surface area contributed by atoms with Gasteiger partial charge in [-0.15, -0.1) is 0 Å². The van der Waals surface area contributed by atoms with Crippen molar-refractivity contribution in [1.82, 2.24) is 0 Å². The first-order valence-electron chi connectivity index (χ1n) is 5.59. The van der Waals surface area contributed by atoms with Crippen LogP contribution >= 0.6 is 11.6 Å². The summed E-state index contributed by atoms with van der Waals surface area (Å²) in [5.74, 6) is 0.308. The van der Waals surface area contributed by atoms with Crippen LogP contribution in [0.5, 0.6) is 5.75 Å². The van der Waals surface area contributed by atoms with E-state index in [0.717, 1.165) is 5.56 Å². The van der Waals surface area contributed by atoms with Crippen LogP contribution in [0.4, 0.5) is 5.69 Å². The highest BCUT2D eigenvalue weighted by molar-refractivity contribution is 6.32. The van der Waals surface area contributed by atoms with E-state index in [0.29, 0.717) is 29.3 Å². The molecule has 4 nitrogen and oxygen atoms in total. The average molecular weight is 265 g/mol. The van der Waals surface area contributed by atoms with Crippen LogP contribution < -0.4 is 10.1 Å². The van der Waals surface area contributed by atoms with Gasteiger partial charge in [-0.25, -0.2) is 0 Å². The van der Waals surface area contributed by atoms with Gasteiger partial charge in [0.2, 0.25) is 5.91 Å². The van der Waals surface area contributed by atoms with Gasteiger partial charge in [0.1, 0.15) is 11.2 Å². The van der Waals surface area contributed by atoms with Crippen molar-refractivity contribution in [2.75, 3.05) is 12.4 Å². The van der Waals surface area contributed by atoms with Gasteiger partial charge in [-0.3, -0.25) is 4.79 Å². The number of nitriles is 1. The van der Waals surface area contributed by atoms with Crippen LogP contribution in [-0.2, 0) is 4.79 Å². The Hall–Kier alpha value is -1.73. The Kier molecular flexibility index (Phi) is 3.18. The van der Waals surface area contributed by atoms with Crippen molar-refractivity contribution in [3.05, 3.63) is 22.7 Å². The van der Waals surface area contributed by atoms with Gasteiger partial charge >= 0.3 is 0 Å². The van der Waals surface area contributed by atoms with Crippen LogP contribution in [0.15, 0.2) is 12.1 Å². The van der Waals surface area contributed by atoms with Crippen molar-refractivity contribution in [3.63, 3.8) is 0 Å². The van der Waals surface area contributed by atoms with E-state index < -0.39 is 5.41 Å². The molecule has 0 unspecified atom stereocenters. The lowest BCUT2D eigenvalue weighted by atomic mass is 10.1. The molecule has 0 heterocycles. The van der Waals surface area contributed by atoms with Crippen LogP contribution in [0.25, 0.3) is 0 Å². The number of rotatable bonds is 3. The Morgan fingerprint density at radius 2 is 2.22 bits per heavy atom. The van der Waals surface area contributed by atoms with Crippen LogP contribution in [0, 0.1) is 23.7 Å². The SMILES string of the molecule is COc1cc(C)c(NC(=O)C2(C#N)CC2)cc1Cl. The predicted octanol–water partition coefficient (Wildman–Crippen LogP) is 2.90. The Balaban J connectivity index is 2.23. The van der Waals surface area contributed by atoms with Gasteiger partial charge in [-0.2, -0.15) is 5.26 Å². The molecular weight excluding hydrogens is 252 g/mol.